The Kier molecular flexibility index (Phi) is 3.52. The van der Waals surface area contributed by atoms with Crippen molar-refractivity contribution < 1.29 is 4.74 Å². The molecule has 0 aliphatic carbocycles. The standard InChI is InChI=1S/C15H22N2O/c1-12(17-6-8-18-9-7-17)10-13-2-3-15-14(11-13)4-5-16-15/h2-3,11-12,16H,4-10H2,1H3. The first kappa shape index (κ1) is 12.0. The van der Waals surface area contributed by atoms with Crippen molar-refractivity contribution in [1.29, 1.82) is 0 Å². The molecule has 3 heteroatoms. The molecule has 0 saturated carbocycles. The average Bonchev–Trinajstić information content (AvgIpc) is 2.87. The molecule has 1 N–H and O–H groups in total. The van der Waals surface area contributed by atoms with Crippen molar-refractivity contribution in [1.82, 2.24) is 4.90 Å². The van der Waals surface area contributed by atoms with Crippen LogP contribution < -0.4 is 5.32 Å². The number of nitrogens with one attached hydrogen (secondary N) is 1. The Morgan fingerprint density at radius 1 is 1.33 bits per heavy atom. The van der Waals surface area contributed by atoms with Crippen molar-refractivity contribution in [3.05, 3.63) is 29.3 Å². The van der Waals surface area contributed by atoms with E-state index in [1.165, 1.54) is 23.2 Å². The van der Waals surface area contributed by atoms with Gasteiger partial charge >= 0.3 is 0 Å². The highest BCUT2D eigenvalue weighted by Gasteiger charge is 2.18. The Labute approximate surface area is 109 Å². The van der Waals surface area contributed by atoms with Crippen LogP contribution in [0.25, 0.3) is 0 Å². The lowest BCUT2D eigenvalue weighted by atomic mass is 10.0. The SMILES string of the molecule is CC(Cc1ccc2c(c1)CCN2)N1CCOCC1. The van der Waals surface area contributed by atoms with E-state index in [0.29, 0.717) is 6.04 Å². The van der Waals surface area contributed by atoms with Crippen LogP contribution in [0, 0.1) is 0 Å². The largest absolute Gasteiger partial charge is 0.384 e. The van der Waals surface area contributed by atoms with Gasteiger partial charge in [0.25, 0.3) is 0 Å². The van der Waals surface area contributed by atoms with E-state index in [0.717, 1.165) is 39.3 Å². The Balaban J connectivity index is 1.64. The van der Waals surface area contributed by atoms with Crippen LogP contribution in [-0.4, -0.2) is 43.8 Å². The molecule has 1 aromatic rings. The molecule has 1 aromatic carbocycles. The van der Waals surface area contributed by atoms with Gasteiger partial charge in [0.05, 0.1) is 13.2 Å². The van der Waals surface area contributed by atoms with Crippen LogP contribution in [0.4, 0.5) is 5.69 Å². The van der Waals surface area contributed by atoms with Gasteiger partial charge in [-0.15, -0.1) is 0 Å². The predicted octanol–water partition coefficient (Wildman–Crippen LogP) is 1.92. The zero-order valence-electron chi connectivity index (χ0n) is 11.1. The number of hydrogen-bond donors (Lipinski definition) is 1. The molecule has 0 radical (unpaired) electrons. The predicted molar refractivity (Wildman–Crippen MR) is 74.2 cm³/mol. The van der Waals surface area contributed by atoms with Gasteiger partial charge < -0.3 is 10.1 Å². The molecular weight excluding hydrogens is 224 g/mol. The summed E-state index contributed by atoms with van der Waals surface area (Å²) in [4.78, 5) is 2.54. The van der Waals surface area contributed by atoms with Crippen LogP contribution in [0.2, 0.25) is 0 Å². The maximum absolute atomic E-state index is 5.41. The first-order valence-corrected chi connectivity index (χ1v) is 7.00. The molecule has 0 aromatic heterocycles. The number of fused-ring (bicyclic) bond motifs is 1. The highest BCUT2D eigenvalue weighted by atomic mass is 16.5. The minimum Gasteiger partial charge on any atom is -0.384 e. The van der Waals surface area contributed by atoms with Crippen LogP contribution in [0.15, 0.2) is 18.2 Å². The Bertz CT molecular complexity index is 413. The minimum absolute atomic E-state index is 0.612. The van der Waals surface area contributed by atoms with E-state index < -0.39 is 0 Å². The quantitative estimate of drug-likeness (QED) is 0.882. The van der Waals surface area contributed by atoms with E-state index >= 15 is 0 Å². The van der Waals surface area contributed by atoms with E-state index in [2.05, 4.69) is 35.3 Å². The maximum atomic E-state index is 5.41. The van der Waals surface area contributed by atoms with Gasteiger partial charge in [-0.2, -0.15) is 0 Å². The van der Waals surface area contributed by atoms with Crippen molar-refractivity contribution in [2.24, 2.45) is 0 Å². The second-order valence-corrected chi connectivity index (χ2v) is 5.37. The third kappa shape index (κ3) is 2.52. The van der Waals surface area contributed by atoms with Crippen molar-refractivity contribution in [3.8, 4) is 0 Å². The molecule has 0 spiro atoms. The molecule has 0 amide bonds. The zero-order chi connectivity index (χ0) is 12.4. The Hall–Kier alpha value is -1.06. The molecule has 3 rings (SSSR count). The minimum atomic E-state index is 0.612. The lowest BCUT2D eigenvalue weighted by Crippen LogP contribution is -2.43. The van der Waals surface area contributed by atoms with E-state index in [-0.39, 0.29) is 0 Å². The number of nitrogens with zero attached hydrogens (tertiary/aromatic N) is 1. The van der Waals surface area contributed by atoms with Crippen LogP contribution >= 0.6 is 0 Å². The number of ether oxygens (including phenoxy) is 1. The third-order valence-electron chi connectivity index (χ3n) is 4.08. The summed E-state index contributed by atoms with van der Waals surface area (Å²) in [6.07, 6.45) is 2.32. The van der Waals surface area contributed by atoms with Gasteiger partial charge in [0.15, 0.2) is 0 Å². The summed E-state index contributed by atoms with van der Waals surface area (Å²) in [6, 6.07) is 7.51. The second kappa shape index (κ2) is 5.29. The van der Waals surface area contributed by atoms with Gasteiger partial charge in [-0.05, 0) is 37.0 Å². The smallest absolute Gasteiger partial charge is 0.0594 e. The lowest BCUT2D eigenvalue weighted by molar-refractivity contribution is 0.0203. The van der Waals surface area contributed by atoms with E-state index in [1.807, 2.05) is 0 Å². The van der Waals surface area contributed by atoms with Gasteiger partial charge in [0.2, 0.25) is 0 Å². The molecule has 0 bridgehead atoms. The normalized spacial score (nSPS) is 21.4. The molecule has 2 aliphatic heterocycles. The molecule has 2 aliphatic rings. The second-order valence-electron chi connectivity index (χ2n) is 5.37. The molecule has 98 valence electrons. The molecule has 1 atom stereocenters. The van der Waals surface area contributed by atoms with Crippen LogP contribution in [-0.2, 0) is 17.6 Å². The Morgan fingerprint density at radius 2 is 2.17 bits per heavy atom. The first-order valence-electron chi connectivity index (χ1n) is 7.00. The fraction of sp³-hybridized carbons (Fsp3) is 0.600. The Morgan fingerprint density at radius 3 is 3.00 bits per heavy atom. The molecule has 18 heavy (non-hydrogen) atoms. The summed E-state index contributed by atoms with van der Waals surface area (Å²) in [5, 5.41) is 3.42. The number of morpholine rings is 1. The molecule has 3 nitrogen and oxygen atoms in total. The van der Waals surface area contributed by atoms with Gasteiger partial charge in [0.1, 0.15) is 0 Å². The first-order chi connectivity index (χ1) is 8.83. The van der Waals surface area contributed by atoms with Crippen LogP contribution in [0.3, 0.4) is 0 Å². The summed E-state index contributed by atoms with van der Waals surface area (Å²) >= 11 is 0. The molecule has 1 saturated heterocycles. The van der Waals surface area contributed by atoms with Crippen molar-refractivity contribution in [2.45, 2.75) is 25.8 Å². The molecule has 2 heterocycles. The summed E-state index contributed by atoms with van der Waals surface area (Å²) in [5.41, 5.74) is 4.29. The maximum Gasteiger partial charge on any atom is 0.0594 e. The fourth-order valence-corrected chi connectivity index (χ4v) is 2.97. The fourth-order valence-electron chi connectivity index (χ4n) is 2.97. The van der Waals surface area contributed by atoms with Gasteiger partial charge in [-0.1, -0.05) is 12.1 Å². The van der Waals surface area contributed by atoms with Gasteiger partial charge in [0, 0.05) is 31.4 Å². The van der Waals surface area contributed by atoms with Crippen molar-refractivity contribution >= 4 is 5.69 Å². The molecular formula is C15H22N2O. The molecule has 1 unspecified atom stereocenters. The van der Waals surface area contributed by atoms with E-state index in [9.17, 15) is 0 Å². The van der Waals surface area contributed by atoms with Crippen molar-refractivity contribution in [2.75, 3.05) is 38.2 Å². The van der Waals surface area contributed by atoms with E-state index in [4.69, 9.17) is 4.74 Å². The highest BCUT2D eigenvalue weighted by Crippen LogP contribution is 2.24. The average molecular weight is 246 g/mol. The highest BCUT2D eigenvalue weighted by molar-refractivity contribution is 5.56. The number of hydrogen-bond acceptors (Lipinski definition) is 3. The van der Waals surface area contributed by atoms with E-state index in [1.54, 1.807) is 0 Å². The molecule has 1 fully saturated rings. The monoisotopic (exact) mass is 246 g/mol. The van der Waals surface area contributed by atoms with Crippen molar-refractivity contribution in [3.63, 3.8) is 0 Å². The number of rotatable bonds is 3. The number of benzene rings is 1. The third-order valence-corrected chi connectivity index (χ3v) is 4.08. The van der Waals surface area contributed by atoms with Gasteiger partial charge in [-0.3, -0.25) is 4.90 Å². The summed E-state index contributed by atoms with van der Waals surface area (Å²) in [7, 11) is 0. The number of anilines is 1. The zero-order valence-corrected chi connectivity index (χ0v) is 11.1. The van der Waals surface area contributed by atoms with Crippen LogP contribution in [0.1, 0.15) is 18.1 Å². The summed E-state index contributed by atoms with van der Waals surface area (Å²) in [5.74, 6) is 0. The topological polar surface area (TPSA) is 24.5 Å². The van der Waals surface area contributed by atoms with Crippen LogP contribution in [0.5, 0.6) is 0 Å². The summed E-state index contributed by atoms with van der Waals surface area (Å²) < 4.78 is 5.41. The lowest BCUT2D eigenvalue weighted by Gasteiger charge is -2.32. The summed E-state index contributed by atoms with van der Waals surface area (Å²) in [6.45, 7) is 7.35. The van der Waals surface area contributed by atoms with Gasteiger partial charge in [-0.25, -0.2) is 0 Å².